The van der Waals surface area contributed by atoms with Crippen molar-refractivity contribution in [3.63, 3.8) is 0 Å². The van der Waals surface area contributed by atoms with Gasteiger partial charge in [-0.2, -0.15) is 0 Å². The second-order valence-electron chi connectivity index (χ2n) is 8.28. The Balaban J connectivity index is 1.42. The van der Waals surface area contributed by atoms with E-state index in [1.165, 1.54) is 0 Å². The number of rotatable bonds is 5. The van der Waals surface area contributed by atoms with Crippen molar-refractivity contribution in [2.75, 3.05) is 31.2 Å². The minimum atomic E-state index is 0.389. The first-order valence-corrected chi connectivity index (χ1v) is 11.4. The summed E-state index contributed by atoms with van der Waals surface area (Å²) in [6.45, 7) is 2.84. The monoisotopic (exact) mass is 462 g/mol. The quantitative estimate of drug-likeness (QED) is 0.363. The molecule has 1 aliphatic heterocycles. The maximum absolute atomic E-state index is 11.0. The summed E-state index contributed by atoms with van der Waals surface area (Å²) in [5, 5.41) is 1.11. The van der Waals surface area contributed by atoms with Gasteiger partial charge in [0.05, 0.1) is 42.0 Å². The predicted molar refractivity (Wildman–Crippen MR) is 135 cm³/mol. The van der Waals surface area contributed by atoms with E-state index >= 15 is 0 Å². The molecule has 35 heavy (non-hydrogen) atoms. The van der Waals surface area contributed by atoms with E-state index in [2.05, 4.69) is 22.0 Å². The lowest BCUT2D eigenvalue weighted by atomic mass is 10.2. The molecule has 172 valence electrons. The third-order valence-electron chi connectivity index (χ3n) is 6.05. The molecule has 1 aromatic carbocycles. The minimum absolute atomic E-state index is 0.389. The van der Waals surface area contributed by atoms with Crippen LogP contribution in [-0.2, 0) is 4.74 Å². The molecule has 0 radical (unpaired) electrons. The molecule has 0 atom stereocenters. The Bertz CT molecular complexity index is 1550. The first-order valence-electron chi connectivity index (χ1n) is 11.4. The minimum Gasteiger partial charge on any atom is -0.378 e. The molecule has 1 saturated heterocycles. The van der Waals surface area contributed by atoms with Gasteiger partial charge in [0.25, 0.3) is 0 Å². The molecule has 1 aliphatic rings. The number of aldehydes is 1. The number of imidazole rings is 1. The lowest BCUT2D eigenvalue weighted by Gasteiger charge is -2.28. The molecule has 4 aromatic heterocycles. The van der Waals surface area contributed by atoms with Gasteiger partial charge in [-0.3, -0.25) is 14.2 Å². The summed E-state index contributed by atoms with van der Waals surface area (Å²) in [6, 6.07) is 15.7. The number of hydrogen-bond donors (Lipinski definition) is 0. The number of anilines is 1. The number of para-hydroxylation sites is 1. The average Bonchev–Trinajstić information content (AvgIpc) is 3.36. The van der Waals surface area contributed by atoms with Crippen LogP contribution in [0.15, 0.2) is 67.1 Å². The lowest BCUT2D eigenvalue weighted by molar-refractivity contribution is 0.111. The van der Waals surface area contributed by atoms with Crippen LogP contribution in [0.5, 0.6) is 0 Å². The van der Waals surface area contributed by atoms with Crippen LogP contribution in [0.2, 0.25) is 0 Å². The maximum Gasteiger partial charge on any atom is 0.181 e. The van der Waals surface area contributed by atoms with Crippen LogP contribution in [-0.4, -0.2) is 56.9 Å². The normalized spacial score (nSPS) is 14.2. The molecule has 5 heterocycles. The van der Waals surface area contributed by atoms with E-state index in [-0.39, 0.29) is 0 Å². The Kier molecular flexibility index (Phi) is 5.48. The summed E-state index contributed by atoms with van der Waals surface area (Å²) in [5.74, 6) is 0.818. The molecule has 0 amide bonds. The van der Waals surface area contributed by atoms with Crippen molar-refractivity contribution in [2.24, 2.45) is 0 Å². The van der Waals surface area contributed by atoms with Crippen molar-refractivity contribution in [1.82, 2.24) is 24.3 Å². The smallest absolute Gasteiger partial charge is 0.181 e. The SMILES string of the molecule is O=Cc1ccc(-c2cnc(N3CCOCC3)c3nc(C=Cc4ccc5ccccc5n4)cn23)cn1. The third kappa shape index (κ3) is 4.15. The number of morpholine rings is 1. The van der Waals surface area contributed by atoms with E-state index in [1.54, 1.807) is 12.3 Å². The topological polar surface area (TPSA) is 85.5 Å². The highest BCUT2D eigenvalue weighted by atomic mass is 16.5. The second kappa shape index (κ2) is 9.08. The number of nitrogens with zero attached hydrogens (tertiary/aromatic N) is 6. The summed E-state index contributed by atoms with van der Waals surface area (Å²) < 4.78 is 7.55. The van der Waals surface area contributed by atoms with Gasteiger partial charge in [-0.25, -0.2) is 15.0 Å². The zero-order valence-corrected chi connectivity index (χ0v) is 18.9. The fourth-order valence-corrected chi connectivity index (χ4v) is 4.25. The van der Waals surface area contributed by atoms with Crippen molar-refractivity contribution in [3.05, 3.63) is 84.2 Å². The molecule has 0 unspecified atom stereocenters. The van der Waals surface area contributed by atoms with Crippen LogP contribution in [0.25, 0.3) is 40.0 Å². The molecule has 0 bridgehead atoms. The van der Waals surface area contributed by atoms with E-state index < -0.39 is 0 Å². The van der Waals surface area contributed by atoms with Crippen LogP contribution in [0.3, 0.4) is 0 Å². The Morgan fingerprint density at radius 3 is 2.49 bits per heavy atom. The summed E-state index contributed by atoms with van der Waals surface area (Å²) in [4.78, 5) is 31.9. The molecule has 0 aliphatic carbocycles. The van der Waals surface area contributed by atoms with Crippen molar-refractivity contribution >= 4 is 40.8 Å². The van der Waals surface area contributed by atoms with E-state index in [0.29, 0.717) is 18.9 Å². The van der Waals surface area contributed by atoms with Gasteiger partial charge in [-0.05, 0) is 36.4 Å². The molecule has 6 rings (SSSR count). The van der Waals surface area contributed by atoms with E-state index in [4.69, 9.17) is 19.7 Å². The van der Waals surface area contributed by atoms with Crippen molar-refractivity contribution in [1.29, 1.82) is 0 Å². The van der Waals surface area contributed by atoms with Gasteiger partial charge in [-0.1, -0.05) is 24.3 Å². The van der Waals surface area contributed by atoms with Gasteiger partial charge < -0.3 is 9.64 Å². The molecular weight excluding hydrogens is 440 g/mol. The third-order valence-corrected chi connectivity index (χ3v) is 6.05. The molecule has 5 aromatic rings. The van der Waals surface area contributed by atoms with Crippen molar-refractivity contribution in [2.45, 2.75) is 0 Å². The molecular formula is C27H22N6O2. The molecule has 8 heteroatoms. The number of hydrogen-bond acceptors (Lipinski definition) is 7. The highest BCUT2D eigenvalue weighted by Gasteiger charge is 2.19. The summed E-state index contributed by atoms with van der Waals surface area (Å²) in [5.41, 5.74) is 5.46. The fourth-order valence-electron chi connectivity index (χ4n) is 4.25. The van der Waals surface area contributed by atoms with Gasteiger partial charge in [-0.15, -0.1) is 0 Å². The van der Waals surface area contributed by atoms with Crippen molar-refractivity contribution < 1.29 is 9.53 Å². The lowest BCUT2D eigenvalue weighted by Crippen LogP contribution is -2.37. The van der Waals surface area contributed by atoms with Crippen LogP contribution < -0.4 is 4.90 Å². The summed E-state index contributed by atoms with van der Waals surface area (Å²) in [7, 11) is 0. The number of ether oxygens (including phenoxy) is 1. The molecule has 0 N–H and O–H groups in total. The second-order valence-corrected chi connectivity index (χ2v) is 8.28. The average molecular weight is 463 g/mol. The zero-order valence-electron chi connectivity index (χ0n) is 18.9. The molecule has 0 saturated carbocycles. The molecule has 8 nitrogen and oxygen atoms in total. The van der Waals surface area contributed by atoms with Crippen LogP contribution in [0.4, 0.5) is 5.82 Å². The number of benzene rings is 1. The number of aromatic nitrogens is 5. The largest absolute Gasteiger partial charge is 0.378 e. The Morgan fingerprint density at radius 2 is 1.66 bits per heavy atom. The van der Waals surface area contributed by atoms with E-state index in [1.807, 2.05) is 59.3 Å². The van der Waals surface area contributed by atoms with Gasteiger partial charge in [0, 0.05) is 36.4 Å². The van der Waals surface area contributed by atoms with E-state index in [0.717, 1.165) is 64.4 Å². The molecule has 0 spiro atoms. The number of pyridine rings is 2. The first kappa shape index (κ1) is 21.1. The Labute approximate surface area is 201 Å². The number of carbonyl (C=O) groups excluding carboxylic acids is 1. The summed E-state index contributed by atoms with van der Waals surface area (Å²) in [6.07, 6.45) is 10.2. The number of fused-ring (bicyclic) bond motifs is 2. The van der Waals surface area contributed by atoms with Gasteiger partial charge >= 0.3 is 0 Å². The Hall–Kier alpha value is -4.43. The standard InChI is InChI=1S/C27H22N6O2/c34-18-23-8-6-20(15-28-23)25-16-29-26(32-11-13-35-14-12-32)27-31-22(17-33(25)27)10-9-21-7-5-19-3-1-2-4-24(19)30-21/h1-10,15-18H,11-14H2. The van der Waals surface area contributed by atoms with Crippen molar-refractivity contribution in [3.8, 4) is 11.3 Å². The first-order chi connectivity index (χ1) is 17.3. The van der Waals surface area contributed by atoms with Crippen LogP contribution >= 0.6 is 0 Å². The molecule has 1 fully saturated rings. The Morgan fingerprint density at radius 1 is 0.829 bits per heavy atom. The zero-order chi connectivity index (χ0) is 23.6. The van der Waals surface area contributed by atoms with Gasteiger partial charge in [0.15, 0.2) is 17.8 Å². The fraction of sp³-hybridized carbons (Fsp3) is 0.148. The van der Waals surface area contributed by atoms with E-state index in [9.17, 15) is 4.79 Å². The highest BCUT2D eigenvalue weighted by Crippen LogP contribution is 2.27. The van der Waals surface area contributed by atoms with Crippen LogP contribution in [0, 0.1) is 0 Å². The van der Waals surface area contributed by atoms with Crippen LogP contribution in [0.1, 0.15) is 21.9 Å². The summed E-state index contributed by atoms with van der Waals surface area (Å²) >= 11 is 0. The van der Waals surface area contributed by atoms with Gasteiger partial charge in [0.2, 0.25) is 0 Å². The van der Waals surface area contributed by atoms with Gasteiger partial charge in [0.1, 0.15) is 5.69 Å². The number of carbonyl (C=O) groups is 1. The maximum atomic E-state index is 11.0. The highest BCUT2D eigenvalue weighted by molar-refractivity contribution is 5.81. The predicted octanol–water partition coefficient (Wildman–Crippen LogP) is 4.16.